The summed E-state index contributed by atoms with van der Waals surface area (Å²) >= 11 is 3.88. The first-order valence-corrected chi connectivity index (χ1v) is 26.6. The highest BCUT2D eigenvalue weighted by atomic mass is 32.1. The van der Waals surface area contributed by atoms with Crippen LogP contribution in [0.3, 0.4) is 0 Å². The van der Waals surface area contributed by atoms with E-state index >= 15 is 0 Å². The zero-order chi connectivity index (χ0) is 44.1. The summed E-state index contributed by atoms with van der Waals surface area (Å²) in [7, 11) is 0. The molecule has 4 aromatic heterocycles. The third-order valence-corrected chi connectivity index (χ3v) is 17.1. The largest absolute Gasteiger partial charge is 0.340 e. The van der Waals surface area contributed by atoms with Gasteiger partial charge in [0.05, 0.1) is 11.0 Å². The van der Waals surface area contributed by atoms with Crippen molar-refractivity contribution in [3.63, 3.8) is 0 Å². The molecule has 66 heavy (non-hydrogen) atoms. The number of aromatic nitrogens is 2. The number of hydrogen-bond acceptors (Lipinski definition) is 2. The van der Waals surface area contributed by atoms with Gasteiger partial charge in [0.1, 0.15) is 0 Å². The van der Waals surface area contributed by atoms with E-state index in [2.05, 4.69) is 169 Å². The second kappa shape index (κ2) is 17.7. The molecule has 0 radical (unpaired) electrons. The van der Waals surface area contributed by atoms with Gasteiger partial charge < -0.3 is 9.13 Å². The quantitative estimate of drug-likeness (QED) is 0.0676. The van der Waals surface area contributed by atoms with Gasteiger partial charge in [0.15, 0.2) is 0 Å². The number of benzene rings is 8. The Bertz CT molecular complexity index is 3560. The lowest BCUT2D eigenvalue weighted by Crippen LogP contribution is -1.99. The molecule has 8 aromatic carbocycles. The van der Waals surface area contributed by atoms with Crippen LogP contribution >= 0.6 is 22.7 Å². The molecule has 0 saturated carbocycles. The van der Waals surface area contributed by atoms with Crippen molar-refractivity contribution in [2.75, 3.05) is 0 Å². The van der Waals surface area contributed by atoms with Crippen molar-refractivity contribution in [1.29, 1.82) is 0 Å². The third kappa shape index (κ3) is 7.11. The fourth-order valence-electron chi connectivity index (χ4n) is 11.4. The van der Waals surface area contributed by atoms with Crippen molar-refractivity contribution < 1.29 is 0 Å². The Labute approximate surface area is 395 Å². The summed E-state index contributed by atoms with van der Waals surface area (Å²) in [6, 6.07) is 51.3. The lowest BCUT2D eigenvalue weighted by atomic mass is 10.0. The number of thiophene rings is 2. The fourth-order valence-corrected chi connectivity index (χ4v) is 13.8. The van der Waals surface area contributed by atoms with Crippen LogP contribution in [0.4, 0.5) is 0 Å². The smallest absolute Gasteiger partial charge is 0.0571 e. The highest BCUT2D eigenvalue weighted by molar-refractivity contribution is 7.27. The molecule has 0 spiro atoms. The number of unbranched alkanes of at least 4 members (excludes halogenated alkanes) is 10. The number of hydrogen-bond donors (Lipinski definition) is 0. The Hall–Kier alpha value is -5.94. The predicted molar refractivity (Wildman–Crippen MR) is 295 cm³/mol. The first-order chi connectivity index (χ1) is 32.7. The van der Waals surface area contributed by atoms with Crippen LogP contribution in [0.2, 0.25) is 0 Å². The topological polar surface area (TPSA) is 9.86 Å². The van der Waals surface area contributed by atoms with E-state index in [0.717, 1.165) is 13.1 Å². The maximum absolute atomic E-state index is 2.67. The molecule has 12 rings (SSSR count). The molecule has 4 heterocycles. The normalized spacial score (nSPS) is 12.6. The molecule has 0 saturated heterocycles. The van der Waals surface area contributed by atoms with Gasteiger partial charge in [-0.3, -0.25) is 0 Å². The third-order valence-electron chi connectivity index (χ3n) is 14.7. The first kappa shape index (κ1) is 41.5. The van der Waals surface area contributed by atoms with Gasteiger partial charge in [0, 0.05) is 108 Å². The summed E-state index contributed by atoms with van der Waals surface area (Å²) < 4.78 is 10.9. The minimum atomic E-state index is 1.03. The van der Waals surface area contributed by atoms with Crippen LogP contribution in [0, 0.1) is 0 Å². The van der Waals surface area contributed by atoms with Crippen molar-refractivity contribution in [3.05, 3.63) is 145 Å². The van der Waals surface area contributed by atoms with E-state index < -0.39 is 0 Å². The van der Waals surface area contributed by atoms with Gasteiger partial charge in [-0.1, -0.05) is 199 Å². The van der Waals surface area contributed by atoms with E-state index in [1.54, 1.807) is 0 Å². The summed E-state index contributed by atoms with van der Waals surface area (Å²) in [5.41, 5.74) is 7.97. The van der Waals surface area contributed by atoms with Gasteiger partial charge in [-0.05, 0) is 48.2 Å². The summed E-state index contributed by atoms with van der Waals surface area (Å²) in [5, 5.41) is 16.4. The predicted octanol–water partition coefficient (Wildman–Crippen LogP) is 19.8. The number of fused-ring (bicyclic) bond motifs is 18. The molecular formula is C62H58N2S2. The van der Waals surface area contributed by atoms with Crippen molar-refractivity contribution in [2.24, 2.45) is 0 Å². The van der Waals surface area contributed by atoms with Crippen LogP contribution in [0.5, 0.6) is 0 Å². The van der Waals surface area contributed by atoms with Gasteiger partial charge in [-0.2, -0.15) is 0 Å². The van der Waals surface area contributed by atoms with Gasteiger partial charge in [-0.25, -0.2) is 0 Å². The Morgan fingerprint density at radius 2 is 0.697 bits per heavy atom. The Balaban J connectivity index is 0.948. The molecule has 4 heteroatoms. The molecule has 0 amide bonds. The minimum Gasteiger partial charge on any atom is -0.340 e. The Morgan fingerprint density at radius 1 is 0.348 bits per heavy atom. The molecule has 12 aromatic rings. The van der Waals surface area contributed by atoms with Gasteiger partial charge in [-0.15, -0.1) is 22.7 Å². The lowest BCUT2D eigenvalue weighted by molar-refractivity contribution is 0.571. The van der Waals surface area contributed by atoms with Gasteiger partial charge in [0.2, 0.25) is 0 Å². The summed E-state index contributed by atoms with van der Waals surface area (Å²) in [5.74, 6) is 0. The zero-order valence-electron chi connectivity index (χ0n) is 38.5. The van der Waals surface area contributed by atoms with Gasteiger partial charge >= 0.3 is 0 Å². The molecule has 0 N–H and O–H groups in total. The molecule has 328 valence electrons. The SMILES string of the molecule is CCCCCCCCn1c2cc(/C=C/c3ccc4c5ccc6c(ccc7c8ccccc8sc76)c5n(CCCCCCCC)c4c3)ccc2c2ccc3c(ccc4c5ccccc5sc43)c21. The highest BCUT2D eigenvalue weighted by Gasteiger charge is 2.19. The number of aryl methyl sites for hydroxylation is 2. The molecule has 0 aliphatic rings. The lowest BCUT2D eigenvalue weighted by Gasteiger charge is -2.11. The van der Waals surface area contributed by atoms with Gasteiger partial charge in [0.25, 0.3) is 0 Å². The van der Waals surface area contributed by atoms with Crippen molar-refractivity contribution >= 4 is 140 Å². The van der Waals surface area contributed by atoms with E-state index in [0.29, 0.717) is 0 Å². The van der Waals surface area contributed by atoms with Crippen LogP contribution < -0.4 is 0 Å². The standard InChI is InChI=1S/C62H58N2S2/c1-3-5-7-9-11-17-37-63-55-39-41(25-27-43(55)47-29-35-53-49(59(47)63)31-33-51-45-19-13-15-21-57(45)65-61(51)53)23-24-42-26-28-44-48-30-36-54-50(32-34-52-46-20-14-16-22-58(46)66-62(52)54)60(48)64(56(44)40-42)38-18-12-10-8-6-4-2/h13-16,19-36,39-40H,3-12,17-18,37-38H2,1-2H3/b24-23+. The molecular weight excluding hydrogens is 837 g/mol. The molecule has 0 atom stereocenters. The van der Waals surface area contributed by atoms with E-state index in [-0.39, 0.29) is 0 Å². The van der Waals surface area contributed by atoms with Crippen molar-refractivity contribution in [3.8, 4) is 0 Å². The summed E-state index contributed by atoms with van der Waals surface area (Å²) in [4.78, 5) is 0. The fraction of sp³-hybridized carbons (Fsp3) is 0.258. The molecule has 0 aliphatic carbocycles. The summed E-state index contributed by atoms with van der Waals surface area (Å²) in [6.07, 6.45) is 20.2. The molecule has 0 fully saturated rings. The number of rotatable bonds is 16. The Kier molecular flexibility index (Phi) is 11.1. The minimum absolute atomic E-state index is 1.03. The van der Waals surface area contributed by atoms with Crippen LogP contribution in [0.15, 0.2) is 133 Å². The molecule has 0 bridgehead atoms. The summed E-state index contributed by atoms with van der Waals surface area (Å²) in [6.45, 7) is 6.68. The average Bonchev–Trinajstić information content (AvgIpc) is 4.11. The first-order valence-electron chi connectivity index (χ1n) is 24.9. The maximum atomic E-state index is 2.67. The van der Waals surface area contributed by atoms with Crippen LogP contribution in [-0.2, 0) is 13.1 Å². The Morgan fingerprint density at radius 3 is 1.14 bits per heavy atom. The van der Waals surface area contributed by atoms with Crippen LogP contribution in [0.25, 0.3) is 118 Å². The van der Waals surface area contributed by atoms with E-state index in [4.69, 9.17) is 0 Å². The second-order valence-electron chi connectivity index (χ2n) is 18.9. The molecule has 0 unspecified atom stereocenters. The van der Waals surface area contributed by atoms with Crippen molar-refractivity contribution in [2.45, 2.75) is 104 Å². The van der Waals surface area contributed by atoms with Crippen molar-refractivity contribution in [1.82, 2.24) is 9.13 Å². The molecule has 0 aliphatic heterocycles. The van der Waals surface area contributed by atoms with E-state index in [1.165, 1.54) is 194 Å². The molecule has 2 nitrogen and oxygen atoms in total. The highest BCUT2D eigenvalue weighted by Crippen LogP contribution is 2.44. The number of nitrogens with zero attached hydrogens (tertiary/aromatic N) is 2. The van der Waals surface area contributed by atoms with Crippen LogP contribution in [0.1, 0.15) is 102 Å². The second-order valence-corrected chi connectivity index (χ2v) is 21.0. The zero-order valence-corrected chi connectivity index (χ0v) is 40.1. The van der Waals surface area contributed by atoms with E-state index in [1.807, 2.05) is 22.7 Å². The average molecular weight is 895 g/mol. The maximum Gasteiger partial charge on any atom is 0.0571 e. The van der Waals surface area contributed by atoms with Crippen LogP contribution in [-0.4, -0.2) is 9.13 Å². The monoisotopic (exact) mass is 894 g/mol. The van der Waals surface area contributed by atoms with E-state index in [9.17, 15) is 0 Å².